The molecule has 11 heteroatoms. The zero-order valence-corrected chi connectivity index (χ0v) is 20.4. The number of hydrogen-bond acceptors (Lipinski definition) is 6. The second-order valence-electron chi connectivity index (χ2n) is 8.75. The van der Waals surface area contributed by atoms with Gasteiger partial charge in [-0.3, -0.25) is 10.1 Å². The van der Waals surface area contributed by atoms with E-state index in [1.165, 1.54) is 18.7 Å². The van der Waals surface area contributed by atoms with Gasteiger partial charge in [0.15, 0.2) is 5.83 Å². The van der Waals surface area contributed by atoms with Crippen LogP contribution >= 0.6 is 0 Å². The molecule has 198 valence electrons. The summed E-state index contributed by atoms with van der Waals surface area (Å²) >= 11 is 0. The van der Waals surface area contributed by atoms with Crippen molar-refractivity contribution in [2.75, 3.05) is 0 Å². The molecule has 3 rings (SSSR count). The molecule has 1 aliphatic carbocycles. The lowest BCUT2D eigenvalue weighted by molar-refractivity contribution is 0.0917. The highest BCUT2D eigenvalue weighted by Crippen LogP contribution is 2.26. The third-order valence-corrected chi connectivity index (χ3v) is 6.13. The van der Waals surface area contributed by atoms with Crippen molar-refractivity contribution in [2.45, 2.75) is 50.4 Å². The van der Waals surface area contributed by atoms with Crippen molar-refractivity contribution in [3.05, 3.63) is 97.0 Å². The largest absolute Gasteiger partial charge is 0.402 e. The van der Waals surface area contributed by atoms with E-state index in [1.807, 2.05) is 0 Å². The molecule has 1 amide bonds. The topological polar surface area (TPSA) is 109 Å². The number of hydrogen-bond donors (Lipinski definition) is 5. The number of halogens is 3. The molecular weight excluding hydrogens is 483 g/mol. The van der Waals surface area contributed by atoms with Crippen LogP contribution in [0, 0.1) is 0 Å². The average molecular weight is 516 g/mol. The van der Waals surface area contributed by atoms with E-state index in [0.717, 1.165) is 37.6 Å². The van der Waals surface area contributed by atoms with Crippen LogP contribution < -0.4 is 27.0 Å². The fourth-order valence-corrected chi connectivity index (χ4v) is 4.16. The van der Waals surface area contributed by atoms with Crippen molar-refractivity contribution < 1.29 is 18.0 Å². The normalized spacial score (nSPS) is 22.4. The van der Waals surface area contributed by atoms with Crippen molar-refractivity contribution in [3.63, 3.8) is 0 Å². The fraction of sp³-hybridized carbons (Fsp3) is 0.308. The monoisotopic (exact) mass is 515 g/mol. The van der Waals surface area contributed by atoms with Crippen LogP contribution in [0.3, 0.4) is 0 Å². The Balaban J connectivity index is 1.59. The standard InChI is InChI=1S/C26H32F3N7O/c1-4-18(27)10-21(28)23-9-17(13-31-23)16(3)33-25(22(29)12-30)34-19-7-6-8-20(11-19)35-26(37)24-14-36(5-2)15-32-24/h4-5,10,12-15,19-20,25,31,33-34H,1-3,6-9,11,30H2,(H,35,37)/b18-10+,22-12+,23-21-/t19-,20+,25+/m0/s1. The molecule has 8 nitrogen and oxygen atoms in total. The molecule has 0 saturated heterocycles. The van der Waals surface area contributed by atoms with E-state index in [0.29, 0.717) is 17.7 Å². The smallest absolute Gasteiger partial charge is 0.271 e. The lowest BCUT2D eigenvalue weighted by Crippen LogP contribution is -2.51. The number of imidazole rings is 1. The molecule has 37 heavy (non-hydrogen) atoms. The number of rotatable bonds is 11. The first-order valence-corrected chi connectivity index (χ1v) is 11.8. The summed E-state index contributed by atoms with van der Waals surface area (Å²) in [6.07, 6.45) is 10.7. The SMILES string of the molecule is C=C/C(F)=C\C(F)=C1/CC(C(=C)N[C@H](N[C@H]2CCC[C@@H](NC(=O)c3cn(C=C)cn3)C2)/C(F)=C\N)=CN1. The molecule has 6 N–H and O–H groups in total. The van der Waals surface area contributed by atoms with Crippen molar-refractivity contribution in [1.82, 2.24) is 30.8 Å². The summed E-state index contributed by atoms with van der Waals surface area (Å²) in [5.74, 6) is -2.51. The van der Waals surface area contributed by atoms with E-state index >= 15 is 0 Å². The summed E-state index contributed by atoms with van der Waals surface area (Å²) in [6.45, 7) is 10.8. The highest BCUT2D eigenvalue weighted by atomic mass is 19.1. The number of nitrogens with zero attached hydrogens (tertiary/aromatic N) is 2. The molecule has 0 spiro atoms. The van der Waals surface area contributed by atoms with Gasteiger partial charge < -0.3 is 26.3 Å². The fourth-order valence-electron chi connectivity index (χ4n) is 4.16. The van der Waals surface area contributed by atoms with Crippen LogP contribution in [0.15, 0.2) is 91.3 Å². The number of nitrogens with two attached hydrogens (primary N) is 1. The summed E-state index contributed by atoms with van der Waals surface area (Å²) in [7, 11) is 0. The molecule has 3 atom stereocenters. The van der Waals surface area contributed by atoms with Crippen molar-refractivity contribution in [2.24, 2.45) is 5.73 Å². The number of amides is 1. The molecule has 0 radical (unpaired) electrons. The van der Waals surface area contributed by atoms with Crippen LogP contribution in [0.25, 0.3) is 6.20 Å². The van der Waals surface area contributed by atoms with Crippen LogP contribution in [0.4, 0.5) is 13.2 Å². The predicted octanol–water partition coefficient (Wildman–Crippen LogP) is 3.91. The Morgan fingerprint density at radius 1 is 1.27 bits per heavy atom. The molecule has 1 aromatic rings. The van der Waals surface area contributed by atoms with Gasteiger partial charge in [0.05, 0.1) is 12.0 Å². The second-order valence-corrected chi connectivity index (χ2v) is 8.75. The van der Waals surface area contributed by atoms with Gasteiger partial charge in [-0.15, -0.1) is 0 Å². The zero-order valence-electron chi connectivity index (χ0n) is 20.4. The molecule has 1 aromatic heterocycles. The van der Waals surface area contributed by atoms with Crippen LogP contribution in [-0.4, -0.2) is 33.7 Å². The van der Waals surface area contributed by atoms with Crippen molar-refractivity contribution in [1.29, 1.82) is 0 Å². The third-order valence-electron chi connectivity index (χ3n) is 6.13. The van der Waals surface area contributed by atoms with Gasteiger partial charge >= 0.3 is 0 Å². The lowest BCUT2D eigenvalue weighted by atomic mass is 9.90. The number of carbonyl (C=O) groups is 1. The second kappa shape index (κ2) is 12.8. The van der Waals surface area contributed by atoms with Gasteiger partial charge in [-0.25, -0.2) is 18.2 Å². The van der Waals surface area contributed by atoms with E-state index in [2.05, 4.69) is 46.0 Å². The quantitative estimate of drug-likeness (QED) is 0.226. The summed E-state index contributed by atoms with van der Waals surface area (Å²) in [6, 6.07) is -0.251. The minimum Gasteiger partial charge on any atom is -0.402 e. The number of carbonyl (C=O) groups excluding carboxylic acids is 1. The average Bonchev–Trinajstić information content (AvgIpc) is 3.58. The maximum Gasteiger partial charge on any atom is 0.271 e. The molecule has 1 saturated carbocycles. The summed E-state index contributed by atoms with van der Waals surface area (Å²) in [4.78, 5) is 16.6. The number of allylic oxidation sites excluding steroid dienone is 6. The molecule has 0 aromatic carbocycles. The molecule has 2 heterocycles. The van der Waals surface area contributed by atoms with Gasteiger partial charge in [-0.05, 0) is 37.3 Å². The number of nitrogens with one attached hydrogen (secondary N) is 4. The minimum absolute atomic E-state index is 0.110. The third kappa shape index (κ3) is 7.50. The van der Waals surface area contributed by atoms with Gasteiger partial charge in [-0.1, -0.05) is 19.7 Å². The Bertz CT molecular complexity index is 1160. The van der Waals surface area contributed by atoms with Crippen molar-refractivity contribution in [3.8, 4) is 0 Å². The van der Waals surface area contributed by atoms with Gasteiger partial charge in [0, 0.05) is 55.1 Å². The Hall–Kier alpha value is -3.99. The van der Waals surface area contributed by atoms with E-state index < -0.39 is 23.6 Å². The Morgan fingerprint density at radius 3 is 2.70 bits per heavy atom. The summed E-state index contributed by atoms with van der Waals surface area (Å²) < 4.78 is 43.8. The summed E-state index contributed by atoms with van der Waals surface area (Å²) in [5.41, 5.74) is 6.80. The van der Waals surface area contributed by atoms with Crippen LogP contribution in [0.2, 0.25) is 0 Å². The lowest BCUT2D eigenvalue weighted by Gasteiger charge is -2.33. The zero-order chi connectivity index (χ0) is 26.9. The van der Waals surface area contributed by atoms with Gasteiger partial charge in [-0.2, -0.15) is 0 Å². The van der Waals surface area contributed by atoms with Gasteiger partial charge in [0.1, 0.15) is 23.5 Å². The molecule has 0 bridgehead atoms. The van der Waals surface area contributed by atoms with Gasteiger partial charge in [0.25, 0.3) is 5.91 Å². The van der Waals surface area contributed by atoms with E-state index in [4.69, 9.17) is 5.73 Å². The van der Waals surface area contributed by atoms with Gasteiger partial charge in [0.2, 0.25) is 0 Å². The van der Waals surface area contributed by atoms with Crippen molar-refractivity contribution >= 4 is 12.1 Å². The predicted molar refractivity (Wildman–Crippen MR) is 138 cm³/mol. The first-order chi connectivity index (χ1) is 17.7. The minimum atomic E-state index is -0.989. The Kier molecular flexibility index (Phi) is 9.56. The molecular formula is C26H32F3N7O. The highest BCUT2D eigenvalue weighted by molar-refractivity contribution is 5.92. The van der Waals surface area contributed by atoms with E-state index in [-0.39, 0.29) is 35.8 Å². The maximum absolute atomic E-state index is 14.7. The first kappa shape index (κ1) is 27.6. The van der Waals surface area contributed by atoms with E-state index in [1.54, 1.807) is 10.8 Å². The Morgan fingerprint density at radius 2 is 2.03 bits per heavy atom. The molecule has 1 fully saturated rings. The number of aromatic nitrogens is 2. The van der Waals surface area contributed by atoms with E-state index in [9.17, 15) is 18.0 Å². The molecule has 0 unspecified atom stereocenters. The van der Waals surface area contributed by atoms with Crippen LogP contribution in [-0.2, 0) is 0 Å². The maximum atomic E-state index is 14.7. The molecule has 1 aliphatic heterocycles. The van der Waals surface area contributed by atoms with Crippen LogP contribution in [0.1, 0.15) is 42.6 Å². The summed E-state index contributed by atoms with van der Waals surface area (Å²) in [5, 5.41) is 11.9. The Labute approximate surface area is 214 Å². The van der Waals surface area contributed by atoms with Crippen LogP contribution in [0.5, 0.6) is 0 Å². The highest BCUT2D eigenvalue weighted by Gasteiger charge is 2.28. The first-order valence-electron chi connectivity index (χ1n) is 11.8. The molecule has 2 aliphatic rings.